The Morgan fingerprint density at radius 1 is 0.895 bits per heavy atom. The molecule has 0 amide bonds. The van der Waals surface area contributed by atoms with Crippen LogP contribution < -0.4 is 14.2 Å². The van der Waals surface area contributed by atoms with Crippen LogP contribution in [0.15, 0.2) is 60.7 Å². The number of ketones is 1. The van der Waals surface area contributed by atoms with Crippen molar-refractivity contribution in [2.75, 3.05) is 40.5 Å². The number of methoxy groups -OCH3 is 2. The molecule has 1 fully saturated rings. The molecule has 1 aliphatic heterocycles. The fraction of sp³-hybridized carbons (Fsp3) is 0.344. The minimum Gasteiger partial charge on any atom is -0.493 e. The van der Waals surface area contributed by atoms with Crippen molar-refractivity contribution in [1.82, 2.24) is 4.90 Å². The third-order valence-corrected chi connectivity index (χ3v) is 8.52. The van der Waals surface area contributed by atoms with Crippen LogP contribution in [0.3, 0.4) is 0 Å². The standard InChI is InChI=1S/C32H35NO4S/c1-22(34)24-9-13-27-28(32(38-31(27)21-24)25-10-14-29(35-2)30(20-25)36-3)19-23-7-11-26(12-8-23)37-18-17-33-15-5-4-6-16-33/h7-14,20-21H,4-6,15-19H2,1-3H3. The normalized spacial score (nSPS) is 14.0. The number of carbonyl (C=O) groups is 1. The van der Waals surface area contributed by atoms with E-state index >= 15 is 0 Å². The minimum absolute atomic E-state index is 0.0744. The molecule has 1 saturated heterocycles. The molecule has 0 atom stereocenters. The van der Waals surface area contributed by atoms with Crippen LogP contribution in [0.2, 0.25) is 0 Å². The first-order valence-electron chi connectivity index (χ1n) is 13.3. The molecule has 0 saturated carbocycles. The topological polar surface area (TPSA) is 48.0 Å². The predicted molar refractivity (Wildman–Crippen MR) is 155 cm³/mol. The summed E-state index contributed by atoms with van der Waals surface area (Å²) >= 11 is 1.71. The number of ether oxygens (including phenoxy) is 3. The number of fused-ring (bicyclic) bond motifs is 1. The van der Waals surface area contributed by atoms with Gasteiger partial charge in [-0.25, -0.2) is 0 Å². The number of hydrogen-bond acceptors (Lipinski definition) is 6. The molecule has 5 nitrogen and oxygen atoms in total. The summed E-state index contributed by atoms with van der Waals surface area (Å²) in [6, 6.07) is 20.5. The van der Waals surface area contributed by atoms with E-state index in [-0.39, 0.29) is 5.78 Å². The van der Waals surface area contributed by atoms with Gasteiger partial charge in [-0.1, -0.05) is 30.7 Å². The number of benzene rings is 3. The molecule has 4 aromatic rings. The first-order valence-corrected chi connectivity index (χ1v) is 14.1. The molecule has 0 spiro atoms. The molecule has 0 N–H and O–H groups in total. The second-order valence-corrected chi connectivity index (χ2v) is 10.9. The van der Waals surface area contributed by atoms with E-state index in [0.717, 1.165) is 41.1 Å². The van der Waals surface area contributed by atoms with Gasteiger partial charge in [0.15, 0.2) is 17.3 Å². The fourth-order valence-corrected chi connectivity index (χ4v) is 6.40. The molecule has 1 aromatic heterocycles. The largest absolute Gasteiger partial charge is 0.493 e. The highest BCUT2D eigenvalue weighted by molar-refractivity contribution is 7.22. The van der Waals surface area contributed by atoms with Crippen molar-refractivity contribution in [2.24, 2.45) is 0 Å². The Hall–Kier alpha value is -3.35. The molecule has 0 radical (unpaired) electrons. The summed E-state index contributed by atoms with van der Waals surface area (Å²) in [6.07, 6.45) is 4.72. The van der Waals surface area contributed by atoms with Gasteiger partial charge in [-0.05, 0) is 97.8 Å². The van der Waals surface area contributed by atoms with Crippen molar-refractivity contribution in [3.8, 4) is 27.7 Å². The summed E-state index contributed by atoms with van der Waals surface area (Å²) in [5.41, 5.74) is 4.26. The number of piperidine rings is 1. The zero-order valence-electron chi connectivity index (χ0n) is 22.4. The van der Waals surface area contributed by atoms with Gasteiger partial charge in [0.1, 0.15) is 12.4 Å². The second-order valence-electron chi connectivity index (χ2n) is 9.82. The average Bonchev–Trinajstić information content (AvgIpc) is 3.31. The second kappa shape index (κ2) is 12.0. The van der Waals surface area contributed by atoms with Crippen LogP contribution in [0.25, 0.3) is 20.5 Å². The van der Waals surface area contributed by atoms with Gasteiger partial charge in [-0.3, -0.25) is 9.69 Å². The lowest BCUT2D eigenvalue weighted by atomic mass is 9.98. The number of rotatable bonds is 10. The lowest BCUT2D eigenvalue weighted by molar-refractivity contribution is 0.101. The highest BCUT2D eigenvalue weighted by Gasteiger charge is 2.18. The van der Waals surface area contributed by atoms with Gasteiger partial charge in [-0.15, -0.1) is 11.3 Å². The van der Waals surface area contributed by atoms with Crippen LogP contribution in [0.4, 0.5) is 0 Å². The van der Waals surface area contributed by atoms with Crippen LogP contribution in [0, 0.1) is 0 Å². The van der Waals surface area contributed by atoms with Crippen molar-refractivity contribution >= 4 is 27.2 Å². The zero-order valence-corrected chi connectivity index (χ0v) is 23.2. The predicted octanol–water partition coefficient (Wildman–Crippen LogP) is 7.24. The summed E-state index contributed by atoms with van der Waals surface area (Å²) < 4.78 is 18.2. The van der Waals surface area contributed by atoms with Gasteiger partial charge in [0.2, 0.25) is 0 Å². The summed E-state index contributed by atoms with van der Waals surface area (Å²) in [5.74, 6) is 2.38. The number of nitrogens with zero attached hydrogens (tertiary/aromatic N) is 1. The van der Waals surface area contributed by atoms with Crippen molar-refractivity contribution in [1.29, 1.82) is 0 Å². The fourth-order valence-electron chi connectivity index (χ4n) is 5.14. The average molecular weight is 530 g/mol. The Kier molecular flexibility index (Phi) is 8.30. The highest BCUT2D eigenvalue weighted by Crippen LogP contribution is 2.43. The Morgan fingerprint density at radius 2 is 1.66 bits per heavy atom. The zero-order chi connectivity index (χ0) is 26.5. The van der Waals surface area contributed by atoms with E-state index in [1.165, 1.54) is 53.7 Å². The third-order valence-electron chi connectivity index (χ3n) is 7.27. The smallest absolute Gasteiger partial charge is 0.161 e. The van der Waals surface area contributed by atoms with E-state index in [0.29, 0.717) is 11.5 Å². The van der Waals surface area contributed by atoms with E-state index in [9.17, 15) is 4.79 Å². The summed E-state index contributed by atoms with van der Waals surface area (Å²) in [7, 11) is 3.30. The Balaban J connectivity index is 1.41. The van der Waals surface area contributed by atoms with Crippen molar-refractivity contribution in [3.63, 3.8) is 0 Å². The van der Waals surface area contributed by atoms with E-state index in [2.05, 4.69) is 41.3 Å². The van der Waals surface area contributed by atoms with Gasteiger partial charge >= 0.3 is 0 Å². The quantitative estimate of drug-likeness (QED) is 0.203. The summed E-state index contributed by atoms with van der Waals surface area (Å²) in [6.45, 7) is 5.69. The molecule has 38 heavy (non-hydrogen) atoms. The SMILES string of the molecule is COc1ccc(-c2sc3cc(C(C)=O)ccc3c2Cc2ccc(OCCN3CCCCC3)cc2)cc1OC. The van der Waals surface area contributed by atoms with E-state index in [1.54, 1.807) is 32.5 Å². The van der Waals surface area contributed by atoms with Gasteiger partial charge in [0, 0.05) is 21.7 Å². The summed E-state index contributed by atoms with van der Waals surface area (Å²) in [5, 5.41) is 1.17. The molecule has 5 rings (SSSR count). The van der Waals surface area contributed by atoms with Gasteiger partial charge in [0.25, 0.3) is 0 Å². The Morgan fingerprint density at radius 3 is 2.37 bits per heavy atom. The monoisotopic (exact) mass is 529 g/mol. The number of carbonyl (C=O) groups excluding carboxylic acids is 1. The molecule has 0 bridgehead atoms. The molecule has 0 unspecified atom stereocenters. The molecular formula is C32H35NO4S. The minimum atomic E-state index is 0.0744. The molecule has 1 aliphatic rings. The number of hydrogen-bond donors (Lipinski definition) is 0. The Labute approximate surface area is 229 Å². The lowest BCUT2D eigenvalue weighted by Gasteiger charge is -2.26. The molecular weight excluding hydrogens is 494 g/mol. The van der Waals surface area contributed by atoms with E-state index < -0.39 is 0 Å². The van der Waals surface area contributed by atoms with Gasteiger partial charge in [-0.2, -0.15) is 0 Å². The number of thiophene rings is 1. The summed E-state index contributed by atoms with van der Waals surface area (Å²) in [4.78, 5) is 15.7. The molecule has 6 heteroatoms. The number of likely N-dealkylation sites (tertiary alicyclic amines) is 1. The van der Waals surface area contributed by atoms with E-state index in [4.69, 9.17) is 14.2 Å². The van der Waals surface area contributed by atoms with E-state index in [1.807, 2.05) is 24.3 Å². The lowest BCUT2D eigenvalue weighted by Crippen LogP contribution is -2.33. The van der Waals surface area contributed by atoms with Crippen molar-refractivity contribution < 1.29 is 19.0 Å². The Bertz CT molecular complexity index is 1400. The van der Waals surface area contributed by atoms with Crippen molar-refractivity contribution in [2.45, 2.75) is 32.6 Å². The molecule has 0 aliphatic carbocycles. The van der Waals surface area contributed by atoms with Crippen LogP contribution in [0.1, 0.15) is 47.7 Å². The van der Waals surface area contributed by atoms with Crippen molar-refractivity contribution in [3.05, 3.63) is 77.4 Å². The maximum Gasteiger partial charge on any atom is 0.161 e. The molecule has 3 aromatic carbocycles. The highest BCUT2D eigenvalue weighted by atomic mass is 32.1. The van der Waals surface area contributed by atoms with Crippen LogP contribution in [-0.4, -0.2) is 51.1 Å². The third kappa shape index (κ3) is 5.87. The van der Waals surface area contributed by atoms with Gasteiger partial charge in [0.05, 0.1) is 14.2 Å². The maximum atomic E-state index is 12.1. The van der Waals surface area contributed by atoms with Crippen LogP contribution in [0.5, 0.6) is 17.2 Å². The maximum absolute atomic E-state index is 12.1. The first kappa shape index (κ1) is 26.3. The number of Topliss-reactive ketones (excluding diaryl/α,β-unsaturated/α-hetero) is 1. The first-order chi connectivity index (χ1) is 18.6. The van der Waals surface area contributed by atoms with Crippen LogP contribution >= 0.6 is 11.3 Å². The molecule has 2 heterocycles. The van der Waals surface area contributed by atoms with Crippen LogP contribution in [-0.2, 0) is 6.42 Å². The molecule has 198 valence electrons. The van der Waals surface area contributed by atoms with Gasteiger partial charge < -0.3 is 14.2 Å².